The van der Waals surface area contributed by atoms with E-state index in [0.29, 0.717) is 6.04 Å². The molecule has 0 saturated heterocycles. The van der Waals surface area contributed by atoms with E-state index in [1.807, 2.05) is 0 Å². The molecule has 0 heterocycles. The molecule has 0 N–H and O–H groups in total. The highest BCUT2D eigenvalue weighted by molar-refractivity contribution is 5.37. The van der Waals surface area contributed by atoms with Gasteiger partial charge in [0.05, 0.1) is 11.7 Å². The fourth-order valence-corrected chi connectivity index (χ4v) is 2.21. The molecular formula is C14H20N. The van der Waals surface area contributed by atoms with Gasteiger partial charge < -0.3 is 0 Å². The lowest BCUT2D eigenvalue weighted by Crippen LogP contribution is -2.24. The van der Waals surface area contributed by atoms with Crippen LogP contribution in [-0.4, -0.2) is 6.04 Å². The van der Waals surface area contributed by atoms with Crippen LogP contribution in [0.2, 0.25) is 0 Å². The summed E-state index contributed by atoms with van der Waals surface area (Å²) in [7, 11) is 0. The Morgan fingerprint density at radius 3 is 2.20 bits per heavy atom. The normalized spacial score (nSPS) is 26.3. The van der Waals surface area contributed by atoms with Crippen molar-refractivity contribution in [2.45, 2.75) is 45.6 Å². The summed E-state index contributed by atoms with van der Waals surface area (Å²) in [5, 5.41) is 4.79. The maximum atomic E-state index is 4.79. The van der Waals surface area contributed by atoms with Crippen LogP contribution in [0.4, 0.5) is 5.69 Å². The van der Waals surface area contributed by atoms with Gasteiger partial charge in [0.25, 0.3) is 0 Å². The van der Waals surface area contributed by atoms with Gasteiger partial charge in [-0.2, -0.15) is 0 Å². The molecule has 0 amide bonds. The van der Waals surface area contributed by atoms with E-state index < -0.39 is 0 Å². The smallest absolute Gasteiger partial charge is 0.0577 e. The number of benzene rings is 1. The lowest BCUT2D eigenvalue weighted by atomic mass is 9.87. The minimum absolute atomic E-state index is 0.573. The summed E-state index contributed by atoms with van der Waals surface area (Å²) in [6, 6.07) is 9.12. The van der Waals surface area contributed by atoms with Crippen LogP contribution < -0.4 is 5.32 Å². The highest BCUT2D eigenvalue weighted by atomic mass is 14.9. The highest BCUT2D eigenvalue weighted by Gasteiger charge is 2.18. The second kappa shape index (κ2) is 4.69. The van der Waals surface area contributed by atoms with E-state index in [0.717, 1.165) is 11.6 Å². The van der Waals surface area contributed by atoms with Crippen molar-refractivity contribution < 1.29 is 0 Å². The summed E-state index contributed by atoms with van der Waals surface area (Å²) in [5.41, 5.74) is 2.46. The zero-order valence-electron chi connectivity index (χ0n) is 9.74. The Morgan fingerprint density at radius 1 is 1.00 bits per heavy atom. The fourth-order valence-electron chi connectivity index (χ4n) is 2.21. The van der Waals surface area contributed by atoms with Crippen molar-refractivity contribution in [3.8, 4) is 0 Å². The molecule has 2 rings (SSSR count). The van der Waals surface area contributed by atoms with E-state index in [9.17, 15) is 0 Å². The molecule has 0 atom stereocenters. The average molecular weight is 202 g/mol. The molecule has 1 saturated carbocycles. The van der Waals surface area contributed by atoms with Gasteiger partial charge >= 0.3 is 0 Å². The zero-order valence-corrected chi connectivity index (χ0v) is 9.74. The predicted octanol–water partition coefficient (Wildman–Crippen LogP) is 3.81. The molecule has 81 valence electrons. The molecule has 0 aromatic heterocycles. The molecule has 1 radical (unpaired) electrons. The van der Waals surface area contributed by atoms with Gasteiger partial charge in [0.2, 0.25) is 0 Å². The molecule has 1 aromatic carbocycles. The van der Waals surface area contributed by atoms with Gasteiger partial charge in [-0.1, -0.05) is 24.6 Å². The molecule has 1 aliphatic carbocycles. The van der Waals surface area contributed by atoms with Crippen molar-refractivity contribution in [1.29, 1.82) is 0 Å². The summed E-state index contributed by atoms with van der Waals surface area (Å²) >= 11 is 0. The third-order valence-corrected chi connectivity index (χ3v) is 3.35. The van der Waals surface area contributed by atoms with E-state index in [1.165, 1.54) is 31.2 Å². The van der Waals surface area contributed by atoms with Crippen molar-refractivity contribution in [3.05, 3.63) is 29.8 Å². The summed E-state index contributed by atoms with van der Waals surface area (Å²) in [5.74, 6) is 0.912. The quantitative estimate of drug-likeness (QED) is 0.692. The first-order chi connectivity index (χ1) is 7.24. The predicted molar refractivity (Wildman–Crippen MR) is 64.4 cm³/mol. The van der Waals surface area contributed by atoms with E-state index in [1.54, 1.807) is 0 Å². The number of hydrogen-bond acceptors (Lipinski definition) is 0. The van der Waals surface area contributed by atoms with Crippen LogP contribution >= 0.6 is 0 Å². The van der Waals surface area contributed by atoms with Crippen LogP contribution in [0.25, 0.3) is 0 Å². The first-order valence-corrected chi connectivity index (χ1v) is 6.01. The Kier molecular flexibility index (Phi) is 3.30. The molecule has 1 fully saturated rings. The molecule has 1 aliphatic rings. The minimum atomic E-state index is 0.573. The molecule has 0 spiro atoms. The van der Waals surface area contributed by atoms with Crippen LogP contribution in [0.5, 0.6) is 0 Å². The third kappa shape index (κ3) is 2.98. The Morgan fingerprint density at radius 2 is 1.60 bits per heavy atom. The number of rotatable bonds is 2. The van der Waals surface area contributed by atoms with Gasteiger partial charge in [0.1, 0.15) is 0 Å². The van der Waals surface area contributed by atoms with E-state index in [4.69, 9.17) is 5.32 Å². The second-order valence-corrected chi connectivity index (χ2v) is 4.88. The van der Waals surface area contributed by atoms with Crippen molar-refractivity contribution in [1.82, 2.24) is 5.32 Å². The van der Waals surface area contributed by atoms with Crippen LogP contribution in [0.1, 0.15) is 38.2 Å². The standard InChI is InChI=1S/C14H20N/c1-11-3-7-13(8-4-11)15-14-9-5-12(2)6-10-14/h3-4,7-8,12,14H,5-6,9-10H2,1-2H3. The summed E-state index contributed by atoms with van der Waals surface area (Å²) in [6.45, 7) is 4.47. The van der Waals surface area contributed by atoms with E-state index in [2.05, 4.69) is 38.1 Å². The van der Waals surface area contributed by atoms with Gasteiger partial charge in [0.15, 0.2) is 0 Å². The summed E-state index contributed by atoms with van der Waals surface area (Å²) < 4.78 is 0. The highest BCUT2D eigenvalue weighted by Crippen LogP contribution is 2.26. The van der Waals surface area contributed by atoms with Crippen molar-refractivity contribution in [2.75, 3.05) is 0 Å². The van der Waals surface area contributed by atoms with Gasteiger partial charge in [-0.05, 0) is 50.7 Å². The molecule has 1 heteroatoms. The van der Waals surface area contributed by atoms with Gasteiger partial charge in [0, 0.05) is 0 Å². The number of aryl methyl sites for hydroxylation is 1. The van der Waals surface area contributed by atoms with E-state index >= 15 is 0 Å². The summed E-state index contributed by atoms with van der Waals surface area (Å²) in [6.07, 6.45) is 5.24. The Labute approximate surface area is 92.9 Å². The SMILES string of the molecule is Cc1ccc([N]C2CCC(C)CC2)cc1. The molecule has 15 heavy (non-hydrogen) atoms. The molecule has 0 unspecified atom stereocenters. The van der Waals surface area contributed by atoms with Gasteiger partial charge in [-0.15, -0.1) is 0 Å². The lowest BCUT2D eigenvalue weighted by molar-refractivity contribution is 0.324. The zero-order chi connectivity index (χ0) is 10.7. The van der Waals surface area contributed by atoms with Crippen molar-refractivity contribution in [2.24, 2.45) is 5.92 Å². The van der Waals surface area contributed by atoms with Crippen LogP contribution in [0.15, 0.2) is 24.3 Å². The third-order valence-electron chi connectivity index (χ3n) is 3.35. The Balaban J connectivity index is 1.89. The molecule has 1 nitrogen and oxygen atoms in total. The Hall–Kier alpha value is -0.980. The molecule has 0 bridgehead atoms. The van der Waals surface area contributed by atoms with Crippen LogP contribution in [0.3, 0.4) is 0 Å². The van der Waals surface area contributed by atoms with Crippen LogP contribution in [0, 0.1) is 12.8 Å². The monoisotopic (exact) mass is 202 g/mol. The average Bonchev–Trinajstić information content (AvgIpc) is 2.25. The molecule has 0 aliphatic heterocycles. The second-order valence-electron chi connectivity index (χ2n) is 4.88. The molecular weight excluding hydrogens is 182 g/mol. The molecule has 1 aromatic rings. The van der Waals surface area contributed by atoms with Crippen molar-refractivity contribution in [3.63, 3.8) is 0 Å². The number of nitrogens with zero attached hydrogens (tertiary/aromatic N) is 1. The first-order valence-electron chi connectivity index (χ1n) is 6.01. The van der Waals surface area contributed by atoms with E-state index in [-0.39, 0.29) is 0 Å². The first kappa shape index (κ1) is 10.5. The van der Waals surface area contributed by atoms with Crippen molar-refractivity contribution >= 4 is 5.69 Å². The fraction of sp³-hybridized carbons (Fsp3) is 0.571. The minimum Gasteiger partial charge on any atom is -0.282 e. The Bertz CT molecular complexity index is 294. The number of hydrogen-bond donors (Lipinski definition) is 0. The van der Waals surface area contributed by atoms with Gasteiger partial charge in [-0.25, -0.2) is 0 Å². The van der Waals surface area contributed by atoms with Crippen LogP contribution in [-0.2, 0) is 0 Å². The van der Waals surface area contributed by atoms with Gasteiger partial charge in [-0.3, -0.25) is 5.32 Å². The maximum Gasteiger partial charge on any atom is 0.0577 e. The topological polar surface area (TPSA) is 14.1 Å². The summed E-state index contributed by atoms with van der Waals surface area (Å²) in [4.78, 5) is 0. The largest absolute Gasteiger partial charge is 0.282 e. The maximum absolute atomic E-state index is 4.79. The lowest BCUT2D eigenvalue weighted by Gasteiger charge is -2.25.